The molecule has 0 bridgehead atoms. The van der Waals surface area contributed by atoms with E-state index in [1.807, 2.05) is 13.0 Å². The molecule has 0 amide bonds. The number of aliphatic hydroxyl groups is 2. The molecule has 0 aliphatic heterocycles. The molecule has 0 saturated heterocycles. The first-order valence-electron chi connectivity index (χ1n) is 10.2. The van der Waals surface area contributed by atoms with Crippen molar-refractivity contribution in [2.45, 2.75) is 64.1 Å². The summed E-state index contributed by atoms with van der Waals surface area (Å²) < 4.78 is 5.43. The van der Waals surface area contributed by atoms with Crippen molar-refractivity contribution < 1.29 is 29.6 Å². The molecule has 2 saturated carbocycles. The second-order valence-electron chi connectivity index (χ2n) is 9.68. The number of aliphatic hydroxyl groups excluding tert-OH is 1. The molecule has 7 atom stereocenters. The van der Waals surface area contributed by atoms with Gasteiger partial charge in [0.1, 0.15) is 6.29 Å². The second kappa shape index (κ2) is 6.17. The van der Waals surface area contributed by atoms with E-state index in [9.17, 15) is 24.9 Å². The highest BCUT2D eigenvalue weighted by Crippen LogP contribution is 2.67. The molecule has 4 aliphatic carbocycles. The van der Waals surface area contributed by atoms with E-state index in [0.717, 1.165) is 36.0 Å². The normalized spacial score (nSPS) is 47.5. The Balaban J connectivity index is 1.83. The van der Waals surface area contributed by atoms with E-state index in [4.69, 9.17) is 4.74 Å². The first kappa shape index (κ1) is 19.6. The van der Waals surface area contributed by atoms with Crippen molar-refractivity contribution in [3.05, 3.63) is 23.0 Å². The largest absolute Gasteiger partial charge is 0.501 e. The van der Waals surface area contributed by atoms with E-state index in [1.165, 1.54) is 0 Å². The molecule has 6 heteroatoms. The highest BCUT2D eigenvalue weighted by molar-refractivity contribution is 5.79. The number of allylic oxidation sites excluding steroid dienone is 4. The summed E-state index contributed by atoms with van der Waals surface area (Å²) >= 11 is 0. The van der Waals surface area contributed by atoms with Crippen molar-refractivity contribution in [1.29, 1.82) is 0 Å². The van der Waals surface area contributed by atoms with Gasteiger partial charge in [0.2, 0.25) is 0 Å². The number of hydrogen-bond acceptors (Lipinski definition) is 5. The standard InChI is InChI=1S/C22H30O6/c1-20-6-4-13(28-3)9-16(20)12(11-23)8-14-15-5-7-22(27,19(25)26)21(15,2)10-17(24)18(14)20/h9,11,14-15,17-18,24,27H,4-8,10H2,1-3H3,(H,25,26)/t14-,15-,17-,18+,20-,21-,22-/m0/s1. The van der Waals surface area contributed by atoms with E-state index in [2.05, 4.69) is 6.92 Å². The van der Waals surface area contributed by atoms with Crippen molar-refractivity contribution in [3.63, 3.8) is 0 Å². The molecule has 0 aromatic heterocycles. The smallest absolute Gasteiger partial charge is 0.336 e. The Labute approximate surface area is 165 Å². The van der Waals surface area contributed by atoms with E-state index >= 15 is 0 Å². The first-order valence-corrected chi connectivity index (χ1v) is 10.2. The van der Waals surface area contributed by atoms with Crippen LogP contribution in [0.5, 0.6) is 0 Å². The monoisotopic (exact) mass is 390 g/mol. The fourth-order valence-corrected chi connectivity index (χ4v) is 7.25. The van der Waals surface area contributed by atoms with Gasteiger partial charge in [0, 0.05) is 11.8 Å². The molecular weight excluding hydrogens is 360 g/mol. The van der Waals surface area contributed by atoms with Crippen molar-refractivity contribution in [1.82, 2.24) is 0 Å². The lowest BCUT2D eigenvalue weighted by molar-refractivity contribution is -0.192. The Bertz CT molecular complexity index is 784. The third-order valence-electron chi connectivity index (χ3n) is 8.71. The zero-order chi connectivity index (χ0) is 20.5. The van der Waals surface area contributed by atoms with E-state index in [0.29, 0.717) is 12.8 Å². The fraction of sp³-hybridized carbons (Fsp3) is 0.727. The van der Waals surface area contributed by atoms with Crippen LogP contribution >= 0.6 is 0 Å². The quantitative estimate of drug-likeness (QED) is 0.640. The molecule has 3 N–H and O–H groups in total. The Morgan fingerprint density at radius 2 is 2.04 bits per heavy atom. The number of aldehydes is 1. The van der Waals surface area contributed by atoms with Crippen LogP contribution in [-0.4, -0.2) is 46.4 Å². The Morgan fingerprint density at radius 3 is 2.64 bits per heavy atom. The van der Waals surface area contributed by atoms with Gasteiger partial charge in [-0.05, 0) is 72.5 Å². The molecule has 6 nitrogen and oxygen atoms in total. The predicted molar refractivity (Wildman–Crippen MR) is 101 cm³/mol. The maximum atomic E-state index is 12.0. The number of aliphatic carboxylic acids is 1. The molecule has 0 heterocycles. The highest BCUT2D eigenvalue weighted by atomic mass is 16.5. The van der Waals surface area contributed by atoms with Gasteiger partial charge in [0.25, 0.3) is 0 Å². The Morgan fingerprint density at radius 1 is 1.32 bits per heavy atom. The van der Waals surface area contributed by atoms with Crippen LogP contribution in [0.15, 0.2) is 23.0 Å². The van der Waals surface area contributed by atoms with Crippen LogP contribution in [0.3, 0.4) is 0 Å². The molecule has 4 aliphatic rings. The lowest BCUT2D eigenvalue weighted by Gasteiger charge is -2.59. The Kier molecular flexibility index (Phi) is 4.33. The van der Waals surface area contributed by atoms with Gasteiger partial charge in [0.15, 0.2) is 5.60 Å². The molecule has 4 rings (SSSR count). The van der Waals surface area contributed by atoms with Crippen LogP contribution in [0, 0.1) is 28.6 Å². The molecule has 2 fully saturated rings. The highest BCUT2D eigenvalue weighted by Gasteiger charge is 2.69. The number of hydrogen-bond donors (Lipinski definition) is 3. The van der Waals surface area contributed by atoms with Gasteiger partial charge in [-0.25, -0.2) is 4.79 Å². The minimum atomic E-state index is -1.83. The molecule has 0 aromatic rings. The van der Waals surface area contributed by atoms with E-state index in [1.54, 1.807) is 7.11 Å². The maximum absolute atomic E-state index is 12.0. The molecule has 0 aromatic carbocycles. The minimum Gasteiger partial charge on any atom is -0.501 e. The van der Waals surface area contributed by atoms with Crippen LogP contribution < -0.4 is 0 Å². The number of carbonyl (C=O) groups excluding carboxylic acids is 1. The van der Waals surface area contributed by atoms with Crippen LogP contribution in [0.2, 0.25) is 0 Å². The first-order chi connectivity index (χ1) is 13.1. The molecule has 28 heavy (non-hydrogen) atoms. The van der Waals surface area contributed by atoms with E-state index in [-0.39, 0.29) is 36.0 Å². The fourth-order valence-electron chi connectivity index (χ4n) is 7.25. The van der Waals surface area contributed by atoms with Gasteiger partial charge in [-0.2, -0.15) is 0 Å². The summed E-state index contributed by atoms with van der Waals surface area (Å²) in [6, 6.07) is 0. The zero-order valence-corrected chi connectivity index (χ0v) is 16.8. The summed E-state index contributed by atoms with van der Waals surface area (Å²) in [6.45, 7) is 3.93. The molecular formula is C22H30O6. The van der Waals surface area contributed by atoms with Gasteiger partial charge in [0.05, 0.1) is 19.0 Å². The average Bonchev–Trinajstić information content (AvgIpc) is 2.92. The van der Waals surface area contributed by atoms with Crippen LogP contribution in [0.1, 0.15) is 52.4 Å². The summed E-state index contributed by atoms with van der Waals surface area (Å²) in [6.07, 6.45) is 5.26. The lowest BCUT2D eigenvalue weighted by Crippen LogP contribution is -2.61. The van der Waals surface area contributed by atoms with Crippen molar-refractivity contribution in [2.75, 3.05) is 7.11 Å². The van der Waals surface area contributed by atoms with Gasteiger partial charge in [-0.3, -0.25) is 4.79 Å². The summed E-state index contributed by atoms with van der Waals surface area (Å²) in [4.78, 5) is 23.9. The molecule has 0 spiro atoms. The summed E-state index contributed by atoms with van der Waals surface area (Å²) in [5, 5.41) is 32.0. The summed E-state index contributed by atoms with van der Waals surface area (Å²) in [7, 11) is 1.63. The van der Waals surface area contributed by atoms with Crippen LogP contribution in [0.25, 0.3) is 0 Å². The number of methoxy groups -OCH3 is 1. The Hall–Kier alpha value is -1.66. The van der Waals surface area contributed by atoms with E-state index < -0.39 is 23.1 Å². The average molecular weight is 390 g/mol. The predicted octanol–water partition coefficient (Wildman–Crippen LogP) is 2.45. The zero-order valence-electron chi connectivity index (χ0n) is 16.8. The number of carboxylic acid groups (broad SMARTS) is 1. The minimum absolute atomic E-state index is 0.0198. The maximum Gasteiger partial charge on any atom is 0.336 e. The number of fused-ring (bicyclic) bond motifs is 5. The van der Waals surface area contributed by atoms with Crippen LogP contribution in [-0.2, 0) is 14.3 Å². The topological polar surface area (TPSA) is 104 Å². The summed E-state index contributed by atoms with van der Waals surface area (Å²) in [5.74, 6) is -0.476. The molecule has 154 valence electrons. The summed E-state index contributed by atoms with van der Waals surface area (Å²) in [5.41, 5.74) is -1.40. The molecule has 0 unspecified atom stereocenters. The van der Waals surface area contributed by atoms with Crippen molar-refractivity contribution >= 4 is 12.3 Å². The lowest BCUT2D eigenvalue weighted by atomic mass is 9.45. The third-order valence-corrected chi connectivity index (χ3v) is 8.71. The molecule has 0 radical (unpaired) electrons. The third kappa shape index (κ3) is 2.28. The van der Waals surface area contributed by atoms with Gasteiger partial charge in [-0.1, -0.05) is 13.8 Å². The van der Waals surface area contributed by atoms with Gasteiger partial charge >= 0.3 is 5.97 Å². The van der Waals surface area contributed by atoms with Gasteiger partial charge < -0.3 is 20.1 Å². The van der Waals surface area contributed by atoms with Crippen LogP contribution in [0.4, 0.5) is 0 Å². The van der Waals surface area contributed by atoms with Crippen molar-refractivity contribution in [3.8, 4) is 0 Å². The number of carboxylic acids is 1. The van der Waals surface area contributed by atoms with Crippen molar-refractivity contribution in [2.24, 2.45) is 28.6 Å². The van der Waals surface area contributed by atoms with Gasteiger partial charge in [-0.15, -0.1) is 0 Å². The SMILES string of the molecule is COC1=CC2=C(C=O)C[C@@H]3[C@H]([C@@H](O)C[C@@]4(C)[C@H]3CC[C@]4(O)C(=O)O)[C@@]2(C)CC1. The number of carbonyl (C=O) groups is 2. The second-order valence-corrected chi connectivity index (χ2v) is 9.68. The number of ether oxygens (including phenoxy) is 1. The number of rotatable bonds is 3.